The highest BCUT2D eigenvalue weighted by Gasteiger charge is 2.20. The van der Waals surface area contributed by atoms with Crippen molar-refractivity contribution in [3.05, 3.63) is 0 Å². The lowest BCUT2D eigenvalue weighted by molar-refractivity contribution is 0.266. The van der Waals surface area contributed by atoms with E-state index in [0.717, 1.165) is 25.4 Å². The van der Waals surface area contributed by atoms with E-state index in [1.165, 1.54) is 19.4 Å². The summed E-state index contributed by atoms with van der Waals surface area (Å²) in [5, 5.41) is 12.2. The summed E-state index contributed by atoms with van der Waals surface area (Å²) < 4.78 is 0. The van der Waals surface area contributed by atoms with Gasteiger partial charge in [0.25, 0.3) is 0 Å². The fourth-order valence-corrected chi connectivity index (χ4v) is 2.07. The minimum absolute atomic E-state index is 0.315. The van der Waals surface area contributed by atoms with Gasteiger partial charge in [-0.1, -0.05) is 0 Å². The summed E-state index contributed by atoms with van der Waals surface area (Å²) in [6.45, 7) is 4.86. The van der Waals surface area contributed by atoms with Crippen LogP contribution in [0.5, 0.6) is 0 Å². The standard InChI is InChI=1S/C11H24N2O/c1-10(5-4-8-14)12-9-11-6-3-7-13(11)2/h10-12,14H,3-9H2,1-2H3. The average molecular weight is 200 g/mol. The molecule has 1 aliphatic rings. The molecule has 1 saturated heterocycles. The molecule has 1 rings (SSSR count). The molecule has 3 nitrogen and oxygen atoms in total. The van der Waals surface area contributed by atoms with Gasteiger partial charge < -0.3 is 15.3 Å². The summed E-state index contributed by atoms with van der Waals surface area (Å²) in [6, 6.07) is 1.27. The molecule has 2 atom stereocenters. The minimum atomic E-state index is 0.315. The number of nitrogens with one attached hydrogen (secondary N) is 1. The Morgan fingerprint density at radius 2 is 2.36 bits per heavy atom. The number of rotatable bonds is 6. The Morgan fingerprint density at radius 3 is 2.93 bits per heavy atom. The molecule has 0 aliphatic carbocycles. The van der Waals surface area contributed by atoms with Crippen LogP contribution in [0.3, 0.4) is 0 Å². The first-order valence-electron chi connectivity index (χ1n) is 5.78. The zero-order valence-electron chi connectivity index (χ0n) is 9.50. The highest BCUT2D eigenvalue weighted by Crippen LogP contribution is 2.13. The lowest BCUT2D eigenvalue weighted by atomic mass is 10.1. The number of nitrogens with zero attached hydrogens (tertiary/aromatic N) is 1. The third-order valence-electron chi connectivity index (χ3n) is 3.17. The predicted octanol–water partition coefficient (Wildman–Crippen LogP) is 0.831. The third-order valence-corrected chi connectivity index (χ3v) is 3.17. The number of likely N-dealkylation sites (tertiary alicyclic amines) is 1. The highest BCUT2D eigenvalue weighted by atomic mass is 16.2. The summed E-state index contributed by atoms with van der Waals surface area (Å²) in [5.41, 5.74) is 0. The summed E-state index contributed by atoms with van der Waals surface area (Å²) in [6.07, 6.45) is 4.66. The van der Waals surface area contributed by atoms with Crippen LogP contribution in [0.25, 0.3) is 0 Å². The van der Waals surface area contributed by atoms with Crippen molar-refractivity contribution in [1.82, 2.24) is 10.2 Å². The molecule has 1 aliphatic heterocycles. The normalized spacial score (nSPS) is 25.5. The molecule has 2 N–H and O–H groups in total. The Hall–Kier alpha value is -0.120. The fraction of sp³-hybridized carbons (Fsp3) is 1.00. The van der Waals surface area contributed by atoms with Crippen molar-refractivity contribution in [2.75, 3.05) is 26.7 Å². The van der Waals surface area contributed by atoms with Gasteiger partial charge in [0, 0.05) is 25.2 Å². The zero-order chi connectivity index (χ0) is 10.4. The average Bonchev–Trinajstić information content (AvgIpc) is 2.58. The Balaban J connectivity index is 2.07. The number of hydrogen-bond donors (Lipinski definition) is 2. The zero-order valence-corrected chi connectivity index (χ0v) is 9.50. The second-order valence-corrected chi connectivity index (χ2v) is 4.45. The Labute approximate surface area is 87.5 Å². The highest BCUT2D eigenvalue weighted by molar-refractivity contribution is 4.79. The second kappa shape index (κ2) is 6.38. The van der Waals surface area contributed by atoms with E-state index < -0.39 is 0 Å². The molecule has 3 heteroatoms. The summed E-state index contributed by atoms with van der Waals surface area (Å²) in [5.74, 6) is 0. The molecule has 0 bridgehead atoms. The third kappa shape index (κ3) is 3.95. The van der Waals surface area contributed by atoms with E-state index in [9.17, 15) is 0 Å². The number of aliphatic hydroxyl groups is 1. The molecule has 0 radical (unpaired) electrons. The van der Waals surface area contributed by atoms with Gasteiger partial charge in [0.2, 0.25) is 0 Å². The molecule has 0 saturated carbocycles. The van der Waals surface area contributed by atoms with Crippen molar-refractivity contribution in [3.63, 3.8) is 0 Å². The fourth-order valence-electron chi connectivity index (χ4n) is 2.07. The van der Waals surface area contributed by atoms with Crippen molar-refractivity contribution in [3.8, 4) is 0 Å². The molecule has 2 unspecified atom stereocenters. The number of aliphatic hydroxyl groups excluding tert-OH is 1. The van der Waals surface area contributed by atoms with E-state index >= 15 is 0 Å². The quantitative estimate of drug-likeness (QED) is 0.667. The van der Waals surface area contributed by atoms with Crippen LogP contribution in [0, 0.1) is 0 Å². The topological polar surface area (TPSA) is 35.5 Å². The van der Waals surface area contributed by atoms with E-state index in [0.29, 0.717) is 12.6 Å². The van der Waals surface area contributed by atoms with Crippen molar-refractivity contribution >= 4 is 0 Å². The molecule has 14 heavy (non-hydrogen) atoms. The number of likely N-dealkylation sites (N-methyl/N-ethyl adjacent to an activating group) is 1. The molecule has 84 valence electrons. The van der Waals surface area contributed by atoms with Crippen molar-refractivity contribution in [2.45, 2.75) is 44.7 Å². The maximum absolute atomic E-state index is 8.70. The van der Waals surface area contributed by atoms with E-state index in [1.54, 1.807) is 0 Å². The molecule has 1 heterocycles. The van der Waals surface area contributed by atoms with Gasteiger partial charge >= 0.3 is 0 Å². The van der Waals surface area contributed by atoms with Crippen LogP contribution in [0.1, 0.15) is 32.6 Å². The van der Waals surface area contributed by atoms with Gasteiger partial charge in [-0.15, -0.1) is 0 Å². The maximum Gasteiger partial charge on any atom is 0.0431 e. The Kier molecular flexibility index (Phi) is 5.45. The monoisotopic (exact) mass is 200 g/mol. The van der Waals surface area contributed by atoms with Crippen LogP contribution in [-0.2, 0) is 0 Å². The summed E-state index contributed by atoms with van der Waals surface area (Å²) >= 11 is 0. The molecule has 0 amide bonds. The Bertz CT molecular complexity index is 152. The second-order valence-electron chi connectivity index (χ2n) is 4.45. The van der Waals surface area contributed by atoms with Crippen LogP contribution in [0.4, 0.5) is 0 Å². The van der Waals surface area contributed by atoms with E-state index in [2.05, 4.69) is 24.2 Å². The first-order valence-corrected chi connectivity index (χ1v) is 5.78. The Morgan fingerprint density at radius 1 is 1.57 bits per heavy atom. The van der Waals surface area contributed by atoms with Crippen LogP contribution >= 0.6 is 0 Å². The van der Waals surface area contributed by atoms with E-state index in [4.69, 9.17) is 5.11 Å². The van der Waals surface area contributed by atoms with Crippen molar-refractivity contribution < 1.29 is 5.11 Å². The van der Waals surface area contributed by atoms with Crippen LogP contribution in [-0.4, -0.2) is 48.8 Å². The number of hydrogen-bond acceptors (Lipinski definition) is 3. The first-order chi connectivity index (χ1) is 6.74. The van der Waals surface area contributed by atoms with Gasteiger partial charge in [0.15, 0.2) is 0 Å². The van der Waals surface area contributed by atoms with Gasteiger partial charge in [-0.3, -0.25) is 0 Å². The first kappa shape index (κ1) is 12.0. The van der Waals surface area contributed by atoms with Gasteiger partial charge in [-0.2, -0.15) is 0 Å². The lowest BCUT2D eigenvalue weighted by Gasteiger charge is -2.22. The SMILES string of the molecule is CC(CCCO)NCC1CCCN1C. The van der Waals surface area contributed by atoms with Crippen molar-refractivity contribution in [2.24, 2.45) is 0 Å². The predicted molar refractivity (Wildman–Crippen MR) is 59.4 cm³/mol. The van der Waals surface area contributed by atoms with Crippen LogP contribution < -0.4 is 5.32 Å². The molecular formula is C11H24N2O. The molecule has 0 aromatic carbocycles. The smallest absolute Gasteiger partial charge is 0.0431 e. The minimum Gasteiger partial charge on any atom is -0.396 e. The summed E-state index contributed by atoms with van der Waals surface area (Å²) in [4.78, 5) is 2.44. The van der Waals surface area contributed by atoms with E-state index in [-0.39, 0.29) is 0 Å². The molecular weight excluding hydrogens is 176 g/mol. The molecule has 0 spiro atoms. The lowest BCUT2D eigenvalue weighted by Crippen LogP contribution is -2.39. The van der Waals surface area contributed by atoms with Crippen molar-refractivity contribution in [1.29, 1.82) is 0 Å². The van der Waals surface area contributed by atoms with Crippen LogP contribution in [0.2, 0.25) is 0 Å². The van der Waals surface area contributed by atoms with Gasteiger partial charge in [-0.05, 0) is 46.2 Å². The maximum atomic E-state index is 8.70. The van der Waals surface area contributed by atoms with E-state index in [1.807, 2.05) is 0 Å². The van der Waals surface area contributed by atoms with Gasteiger partial charge in [0.05, 0.1) is 0 Å². The van der Waals surface area contributed by atoms with Crippen LogP contribution in [0.15, 0.2) is 0 Å². The largest absolute Gasteiger partial charge is 0.396 e. The van der Waals surface area contributed by atoms with Gasteiger partial charge in [0.1, 0.15) is 0 Å². The molecule has 1 fully saturated rings. The molecule has 0 aromatic heterocycles. The molecule has 0 aromatic rings. The van der Waals surface area contributed by atoms with Gasteiger partial charge in [-0.25, -0.2) is 0 Å². The summed E-state index contributed by atoms with van der Waals surface area (Å²) in [7, 11) is 2.21.